The second-order valence-corrected chi connectivity index (χ2v) is 10.4. The number of thiazole rings is 1. The fourth-order valence-electron chi connectivity index (χ4n) is 3.49. The van der Waals surface area contributed by atoms with Crippen LogP contribution in [-0.4, -0.2) is 50.4 Å². The van der Waals surface area contributed by atoms with Crippen LogP contribution in [0.5, 0.6) is 5.75 Å². The number of hydrogen-bond donors (Lipinski definition) is 1. The molecule has 0 aliphatic carbocycles. The number of carbonyl (C=O) groups is 1. The van der Waals surface area contributed by atoms with E-state index >= 15 is 0 Å². The first-order valence-corrected chi connectivity index (χ1v) is 13.1. The van der Waals surface area contributed by atoms with Crippen molar-refractivity contribution < 1.29 is 17.9 Å². The van der Waals surface area contributed by atoms with Gasteiger partial charge in [0.25, 0.3) is 5.91 Å². The van der Waals surface area contributed by atoms with Crippen LogP contribution in [0.4, 0.5) is 0 Å². The lowest BCUT2D eigenvalue weighted by atomic mass is 10.1. The average Bonchev–Trinajstić information content (AvgIpc) is 3.25. The SMILES string of the molecule is CCN(CC)S(=O)(=O)c1ccc(OC)c(C(=O)NCCc2ccc(-c3csc(C)n3)cc2)c1. The average molecular weight is 488 g/mol. The van der Waals surface area contributed by atoms with Crippen LogP contribution in [0, 0.1) is 6.92 Å². The highest BCUT2D eigenvalue weighted by Crippen LogP contribution is 2.25. The Bertz CT molecular complexity index is 1200. The van der Waals surface area contributed by atoms with Crippen LogP contribution in [0.2, 0.25) is 0 Å². The van der Waals surface area contributed by atoms with Crippen molar-refractivity contribution >= 4 is 27.3 Å². The number of hydrogen-bond acceptors (Lipinski definition) is 6. The van der Waals surface area contributed by atoms with Gasteiger partial charge in [-0.25, -0.2) is 13.4 Å². The minimum atomic E-state index is -3.68. The highest BCUT2D eigenvalue weighted by molar-refractivity contribution is 7.89. The summed E-state index contributed by atoms with van der Waals surface area (Å²) in [6.07, 6.45) is 0.641. The molecule has 0 radical (unpaired) electrons. The summed E-state index contributed by atoms with van der Waals surface area (Å²) in [4.78, 5) is 17.4. The van der Waals surface area contributed by atoms with E-state index in [-0.39, 0.29) is 16.4 Å². The van der Waals surface area contributed by atoms with E-state index in [0.717, 1.165) is 21.8 Å². The van der Waals surface area contributed by atoms with E-state index in [2.05, 4.69) is 10.3 Å². The molecule has 0 aliphatic heterocycles. The van der Waals surface area contributed by atoms with Crippen LogP contribution in [0.15, 0.2) is 52.7 Å². The number of methoxy groups -OCH3 is 1. The van der Waals surface area contributed by atoms with Gasteiger partial charge in [-0.1, -0.05) is 38.1 Å². The van der Waals surface area contributed by atoms with Crippen LogP contribution in [0.1, 0.15) is 34.8 Å². The van der Waals surface area contributed by atoms with Gasteiger partial charge >= 0.3 is 0 Å². The second kappa shape index (κ2) is 10.9. The van der Waals surface area contributed by atoms with E-state index in [1.54, 1.807) is 25.2 Å². The molecule has 2 aromatic carbocycles. The highest BCUT2D eigenvalue weighted by Gasteiger charge is 2.24. The van der Waals surface area contributed by atoms with Crippen molar-refractivity contribution in [3.05, 3.63) is 64.0 Å². The molecule has 0 saturated heterocycles. The number of amides is 1. The van der Waals surface area contributed by atoms with E-state index in [1.807, 2.05) is 36.6 Å². The van der Waals surface area contributed by atoms with E-state index in [1.165, 1.54) is 29.6 Å². The summed E-state index contributed by atoms with van der Waals surface area (Å²) >= 11 is 1.62. The number of aromatic nitrogens is 1. The van der Waals surface area contributed by atoms with Gasteiger partial charge in [0.1, 0.15) is 5.75 Å². The molecule has 0 atom stereocenters. The van der Waals surface area contributed by atoms with Gasteiger partial charge in [0.05, 0.1) is 28.3 Å². The van der Waals surface area contributed by atoms with Crippen molar-refractivity contribution in [3.63, 3.8) is 0 Å². The molecule has 33 heavy (non-hydrogen) atoms. The van der Waals surface area contributed by atoms with Crippen molar-refractivity contribution in [2.75, 3.05) is 26.7 Å². The van der Waals surface area contributed by atoms with Crippen molar-refractivity contribution in [2.45, 2.75) is 32.1 Å². The van der Waals surface area contributed by atoms with Crippen molar-refractivity contribution in [3.8, 4) is 17.0 Å². The number of carbonyl (C=O) groups excluding carboxylic acids is 1. The highest BCUT2D eigenvalue weighted by atomic mass is 32.2. The van der Waals surface area contributed by atoms with E-state index in [0.29, 0.717) is 31.8 Å². The Balaban J connectivity index is 1.68. The molecule has 0 fully saturated rings. The zero-order chi connectivity index (χ0) is 24.0. The Kier molecular flexibility index (Phi) is 8.23. The lowest BCUT2D eigenvalue weighted by molar-refractivity contribution is 0.0951. The van der Waals surface area contributed by atoms with Gasteiger partial charge < -0.3 is 10.1 Å². The number of aryl methyl sites for hydroxylation is 1. The van der Waals surface area contributed by atoms with Gasteiger partial charge in [-0.15, -0.1) is 11.3 Å². The number of rotatable bonds is 10. The molecule has 3 rings (SSSR count). The number of benzene rings is 2. The molecule has 9 heteroatoms. The fourth-order valence-corrected chi connectivity index (χ4v) is 5.60. The third-order valence-electron chi connectivity index (χ3n) is 5.33. The Hall–Kier alpha value is -2.75. The largest absolute Gasteiger partial charge is 0.496 e. The minimum Gasteiger partial charge on any atom is -0.496 e. The van der Waals surface area contributed by atoms with Crippen molar-refractivity contribution in [1.29, 1.82) is 0 Å². The maximum Gasteiger partial charge on any atom is 0.255 e. The first-order valence-electron chi connectivity index (χ1n) is 10.8. The lowest BCUT2D eigenvalue weighted by Crippen LogP contribution is -2.31. The molecule has 1 N–H and O–H groups in total. The quantitative estimate of drug-likeness (QED) is 0.465. The van der Waals surface area contributed by atoms with Crippen LogP contribution >= 0.6 is 11.3 Å². The summed E-state index contributed by atoms with van der Waals surface area (Å²) < 4.78 is 32.3. The predicted octanol–water partition coefficient (Wildman–Crippen LogP) is 4.13. The molecule has 1 aromatic heterocycles. The monoisotopic (exact) mass is 487 g/mol. The Morgan fingerprint density at radius 3 is 2.39 bits per heavy atom. The van der Waals surface area contributed by atoms with Gasteiger partial charge in [0.15, 0.2) is 0 Å². The Morgan fingerprint density at radius 1 is 1.12 bits per heavy atom. The van der Waals surface area contributed by atoms with Gasteiger partial charge in [0, 0.05) is 30.6 Å². The first kappa shape index (κ1) is 24.9. The molecule has 3 aromatic rings. The maximum atomic E-state index is 12.8. The summed E-state index contributed by atoms with van der Waals surface area (Å²) in [6.45, 7) is 6.66. The van der Waals surface area contributed by atoms with Gasteiger partial charge in [0.2, 0.25) is 10.0 Å². The summed E-state index contributed by atoms with van der Waals surface area (Å²) in [5.41, 5.74) is 3.29. The summed E-state index contributed by atoms with van der Waals surface area (Å²) in [5, 5.41) is 5.93. The number of nitrogens with zero attached hydrogens (tertiary/aromatic N) is 2. The molecular formula is C24H29N3O4S2. The third-order valence-corrected chi connectivity index (χ3v) is 8.15. The van der Waals surface area contributed by atoms with Crippen LogP contribution < -0.4 is 10.1 Å². The number of nitrogens with one attached hydrogen (secondary N) is 1. The zero-order valence-electron chi connectivity index (χ0n) is 19.3. The van der Waals surface area contributed by atoms with Gasteiger partial charge in [-0.3, -0.25) is 4.79 Å². The number of ether oxygens (including phenoxy) is 1. The number of sulfonamides is 1. The lowest BCUT2D eigenvalue weighted by Gasteiger charge is -2.19. The van der Waals surface area contributed by atoms with Crippen LogP contribution in [-0.2, 0) is 16.4 Å². The van der Waals surface area contributed by atoms with E-state index in [9.17, 15) is 13.2 Å². The van der Waals surface area contributed by atoms with Crippen molar-refractivity contribution in [2.24, 2.45) is 0 Å². The summed E-state index contributed by atoms with van der Waals surface area (Å²) in [6, 6.07) is 12.5. The Labute approximate surface area is 199 Å². The predicted molar refractivity (Wildman–Crippen MR) is 131 cm³/mol. The summed E-state index contributed by atoms with van der Waals surface area (Å²) in [5.74, 6) is -0.0491. The second-order valence-electron chi connectivity index (χ2n) is 7.41. The molecule has 0 saturated carbocycles. The van der Waals surface area contributed by atoms with Crippen molar-refractivity contribution in [1.82, 2.24) is 14.6 Å². The molecular weight excluding hydrogens is 458 g/mol. The van der Waals surface area contributed by atoms with E-state index < -0.39 is 10.0 Å². The summed E-state index contributed by atoms with van der Waals surface area (Å²) in [7, 11) is -2.22. The van der Waals surface area contributed by atoms with Gasteiger partial charge in [-0.05, 0) is 37.1 Å². The normalized spacial score (nSPS) is 11.5. The maximum absolute atomic E-state index is 12.8. The van der Waals surface area contributed by atoms with Gasteiger partial charge in [-0.2, -0.15) is 4.31 Å². The third kappa shape index (κ3) is 5.79. The molecule has 0 bridgehead atoms. The molecule has 0 unspecified atom stereocenters. The fraction of sp³-hybridized carbons (Fsp3) is 0.333. The molecule has 1 amide bonds. The van der Waals surface area contributed by atoms with E-state index in [4.69, 9.17) is 4.74 Å². The molecule has 7 nitrogen and oxygen atoms in total. The molecule has 1 heterocycles. The molecule has 176 valence electrons. The molecule has 0 aliphatic rings. The first-order chi connectivity index (χ1) is 15.8. The zero-order valence-corrected chi connectivity index (χ0v) is 20.9. The Morgan fingerprint density at radius 2 is 1.82 bits per heavy atom. The van der Waals surface area contributed by atoms with Crippen LogP contribution in [0.25, 0.3) is 11.3 Å². The topological polar surface area (TPSA) is 88.6 Å². The minimum absolute atomic E-state index is 0.0741. The molecule has 0 spiro atoms. The van der Waals surface area contributed by atoms with Crippen LogP contribution in [0.3, 0.4) is 0 Å². The standard InChI is InChI=1S/C24H29N3O4S2/c1-5-27(6-2)33(29,30)20-11-12-23(31-4)21(15-20)24(28)25-14-13-18-7-9-19(10-8-18)22-16-32-17(3)26-22/h7-12,15-16H,5-6,13-14H2,1-4H3,(H,25,28). The smallest absolute Gasteiger partial charge is 0.255 e.